The van der Waals surface area contributed by atoms with E-state index in [1.165, 1.54) is 0 Å². The molecule has 1 fully saturated rings. The fourth-order valence-corrected chi connectivity index (χ4v) is 3.54. The molecule has 0 spiro atoms. The van der Waals surface area contributed by atoms with Crippen LogP contribution in [0.1, 0.15) is 45.1 Å². The first-order valence-electron chi connectivity index (χ1n) is 7.91. The highest BCUT2D eigenvalue weighted by molar-refractivity contribution is 5.88. The van der Waals surface area contributed by atoms with Gasteiger partial charge >= 0.3 is 0 Å². The van der Waals surface area contributed by atoms with Gasteiger partial charge in [-0.1, -0.05) is 25.0 Å². The molecule has 1 aromatic rings. The Bertz CT molecular complexity index is 527. The maximum Gasteiger partial charge on any atom is 0.233 e. The molecule has 0 radical (unpaired) electrons. The second-order valence-electron chi connectivity index (χ2n) is 6.99. The monoisotopic (exact) mass is 305 g/mol. The third-order valence-electron chi connectivity index (χ3n) is 4.46. The average molecular weight is 305 g/mol. The van der Waals surface area contributed by atoms with Crippen molar-refractivity contribution in [2.75, 3.05) is 20.7 Å². The van der Waals surface area contributed by atoms with Crippen molar-refractivity contribution in [2.24, 2.45) is 0 Å². The van der Waals surface area contributed by atoms with Crippen molar-refractivity contribution in [3.8, 4) is 5.75 Å². The van der Waals surface area contributed by atoms with Gasteiger partial charge in [0.1, 0.15) is 5.75 Å². The maximum atomic E-state index is 13.1. The van der Waals surface area contributed by atoms with E-state index in [2.05, 4.69) is 0 Å². The van der Waals surface area contributed by atoms with Crippen LogP contribution in [-0.2, 0) is 10.2 Å². The first-order valence-corrected chi connectivity index (χ1v) is 7.91. The average Bonchev–Trinajstić information content (AvgIpc) is 2.95. The van der Waals surface area contributed by atoms with E-state index >= 15 is 0 Å². The molecule has 1 aliphatic carbocycles. The van der Waals surface area contributed by atoms with Crippen LogP contribution in [0.2, 0.25) is 0 Å². The summed E-state index contributed by atoms with van der Waals surface area (Å²) < 4.78 is 5.32. The second kappa shape index (κ2) is 6.29. The Balaban J connectivity index is 2.33. The van der Waals surface area contributed by atoms with Crippen LogP contribution < -0.4 is 4.74 Å². The van der Waals surface area contributed by atoms with Crippen LogP contribution >= 0.6 is 0 Å². The van der Waals surface area contributed by atoms with Crippen molar-refractivity contribution in [3.05, 3.63) is 29.8 Å². The van der Waals surface area contributed by atoms with Crippen molar-refractivity contribution >= 4 is 5.91 Å². The number of nitrogens with zero attached hydrogens (tertiary/aromatic N) is 1. The first-order chi connectivity index (χ1) is 10.3. The lowest BCUT2D eigenvalue weighted by Gasteiger charge is -2.35. The molecule has 0 aromatic heterocycles. The summed E-state index contributed by atoms with van der Waals surface area (Å²) >= 11 is 0. The minimum absolute atomic E-state index is 0.0976. The van der Waals surface area contributed by atoms with Gasteiger partial charge in [-0.05, 0) is 44.4 Å². The lowest BCUT2D eigenvalue weighted by Crippen LogP contribution is -2.48. The predicted molar refractivity (Wildman–Crippen MR) is 87.1 cm³/mol. The summed E-state index contributed by atoms with van der Waals surface area (Å²) in [6.45, 7) is 3.78. The number of hydrogen-bond acceptors (Lipinski definition) is 3. The van der Waals surface area contributed by atoms with Gasteiger partial charge in [-0.2, -0.15) is 0 Å². The van der Waals surface area contributed by atoms with Gasteiger partial charge in [-0.15, -0.1) is 0 Å². The number of rotatable bonds is 5. The number of amides is 1. The van der Waals surface area contributed by atoms with Crippen molar-refractivity contribution < 1.29 is 14.6 Å². The molecule has 0 heterocycles. The summed E-state index contributed by atoms with van der Waals surface area (Å²) in [6.07, 6.45) is 3.82. The summed E-state index contributed by atoms with van der Waals surface area (Å²) in [5.74, 6) is 0.877. The highest BCUT2D eigenvalue weighted by Crippen LogP contribution is 2.43. The fraction of sp³-hybridized carbons (Fsp3) is 0.611. The molecular formula is C18H27NO3. The lowest BCUT2D eigenvalue weighted by atomic mass is 9.77. The summed E-state index contributed by atoms with van der Waals surface area (Å²) in [5.41, 5.74) is -0.343. The Morgan fingerprint density at radius 2 is 2.00 bits per heavy atom. The molecule has 4 heteroatoms. The number of benzene rings is 1. The standard InChI is InChI=1S/C18H27NO3/c1-17(2,21)13-19(3)16(20)18(10-5-6-11-18)14-8-7-9-15(12-14)22-4/h7-9,12,21H,5-6,10-11,13H2,1-4H3. The molecule has 4 nitrogen and oxygen atoms in total. The van der Waals surface area contributed by atoms with Crippen molar-refractivity contribution in [1.82, 2.24) is 4.90 Å². The largest absolute Gasteiger partial charge is 0.497 e. The summed E-state index contributed by atoms with van der Waals surface area (Å²) in [5, 5.41) is 10.0. The fourth-order valence-electron chi connectivity index (χ4n) is 3.54. The number of hydrogen-bond donors (Lipinski definition) is 1. The van der Waals surface area contributed by atoms with E-state index < -0.39 is 11.0 Å². The molecule has 122 valence electrons. The number of carbonyl (C=O) groups excluding carboxylic acids is 1. The SMILES string of the molecule is COc1cccc(C2(C(=O)N(C)CC(C)(C)O)CCCC2)c1. The van der Waals surface area contributed by atoms with Crippen LogP contribution in [0.3, 0.4) is 0 Å². The maximum absolute atomic E-state index is 13.1. The zero-order chi connectivity index (χ0) is 16.4. The molecule has 1 amide bonds. The molecule has 0 bridgehead atoms. The molecule has 2 rings (SSSR count). The van der Waals surface area contributed by atoms with Gasteiger partial charge < -0.3 is 14.7 Å². The smallest absolute Gasteiger partial charge is 0.233 e. The number of carbonyl (C=O) groups is 1. The number of aliphatic hydroxyl groups is 1. The van der Waals surface area contributed by atoms with Crippen LogP contribution in [0.4, 0.5) is 0 Å². The molecule has 1 aromatic carbocycles. The quantitative estimate of drug-likeness (QED) is 0.910. The van der Waals surface area contributed by atoms with Crippen molar-refractivity contribution in [2.45, 2.75) is 50.5 Å². The zero-order valence-corrected chi connectivity index (χ0v) is 14.1. The molecule has 0 atom stereocenters. The Kier molecular flexibility index (Phi) is 4.81. The molecule has 0 saturated heterocycles. The van der Waals surface area contributed by atoms with Gasteiger partial charge in [0.15, 0.2) is 0 Å². The third-order valence-corrected chi connectivity index (χ3v) is 4.46. The topological polar surface area (TPSA) is 49.8 Å². The van der Waals surface area contributed by atoms with Gasteiger partial charge in [-0.3, -0.25) is 4.79 Å². The van der Waals surface area contributed by atoms with E-state index in [0.29, 0.717) is 6.54 Å². The van der Waals surface area contributed by atoms with Gasteiger partial charge in [-0.25, -0.2) is 0 Å². The van der Waals surface area contributed by atoms with Crippen LogP contribution in [0.15, 0.2) is 24.3 Å². The summed E-state index contributed by atoms with van der Waals surface area (Å²) in [4.78, 5) is 14.8. The van der Waals surface area contributed by atoms with E-state index in [9.17, 15) is 9.90 Å². The number of ether oxygens (including phenoxy) is 1. The third kappa shape index (κ3) is 3.43. The summed E-state index contributed by atoms with van der Waals surface area (Å²) in [6, 6.07) is 7.83. The first kappa shape index (κ1) is 16.8. The highest BCUT2D eigenvalue weighted by atomic mass is 16.5. The van der Waals surface area contributed by atoms with Crippen molar-refractivity contribution in [3.63, 3.8) is 0 Å². The molecule has 1 saturated carbocycles. The molecular weight excluding hydrogens is 278 g/mol. The van der Waals surface area contributed by atoms with Crippen LogP contribution in [0.25, 0.3) is 0 Å². The molecule has 1 aliphatic rings. The number of likely N-dealkylation sites (N-methyl/N-ethyl adjacent to an activating group) is 1. The van der Waals surface area contributed by atoms with Gasteiger partial charge in [0, 0.05) is 13.6 Å². The minimum Gasteiger partial charge on any atom is -0.497 e. The van der Waals surface area contributed by atoms with Gasteiger partial charge in [0.05, 0.1) is 18.1 Å². The second-order valence-corrected chi connectivity index (χ2v) is 6.99. The minimum atomic E-state index is -0.890. The Hall–Kier alpha value is -1.55. The van der Waals surface area contributed by atoms with Crippen LogP contribution in [-0.4, -0.2) is 42.2 Å². The van der Waals surface area contributed by atoms with Crippen molar-refractivity contribution in [1.29, 1.82) is 0 Å². The molecule has 0 aliphatic heterocycles. The lowest BCUT2D eigenvalue weighted by molar-refractivity contribution is -0.138. The van der Waals surface area contributed by atoms with E-state index in [1.807, 2.05) is 24.3 Å². The molecule has 1 N–H and O–H groups in total. The Morgan fingerprint density at radius 3 is 2.55 bits per heavy atom. The van der Waals surface area contributed by atoms with Crippen LogP contribution in [0, 0.1) is 0 Å². The van der Waals surface area contributed by atoms with E-state index in [-0.39, 0.29) is 5.91 Å². The normalized spacial score (nSPS) is 17.3. The summed E-state index contributed by atoms with van der Waals surface area (Å²) in [7, 11) is 3.42. The van der Waals surface area contributed by atoms with E-state index in [0.717, 1.165) is 37.0 Å². The van der Waals surface area contributed by atoms with Crippen LogP contribution in [0.5, 0.6) is 5.75 Å². The number of methoxy groups -OCH3 is 1. The molecule has 0 unspecified atom stereocenters. The van der Waals surface area contributed by atoms with E-state index in [4.69, 9.17) is 4.74 Å². The van der Waals surface area contributed by atoms with E-state index in [1.54, 1.807) is 32.9 Å². The Morgan fingerprint density at radius 1 is 1.36 bits per heavy atom. The van der Waals surface area contributed by atoms with Gasteiger partial charge in [0.2, 0.25) is 5.91 Å². The highest BCUT2D eigenvalue weighted by Gasteiger charge is 2.44. The molecule has 22 heavy (non-hydrogen) atoms. The van der Waals surface area contributed by atoms with Gasteiger partial charge in [0.25, 0.3) is 0 Å². The zero-order valence-electron chi connectivity index (χ0n) is 14.1. The Labute approximate surface area is 133 Å². The predicted octanol–water partition coefficient (Wildman–Crippen LogP) is 2.74.